The minimum Gasteiger partial charge on any atom is -0.462 e. The van der Waals surface area contributed by atoms with Gasteiger partial charge in [-0.05, 0) is 62.2 Å². The van der Waals surface area contributed by atoms with Crippen molar-refractivity contribution in [2.24, 2.45) is 0 Å². The molecule has 0 saturated carbocycles. The predicted molar refractivity (Wildman–Crippen MR) is 128 cm³/mol. The van der Waals surface area contributed by atoms with E-state index in [4.69, 9.17) is 4.74 Å². The molecule has 0 radical (unpaired) electrons. The SMILES string of the molecule is CCOC(=O)c1c[nH]c2ccc(NC(=O)c3ccc(S(=O)(=O)N4CCCCC4)cc3)cc2c1=O. The van der Waals surface area contributed by atoms with Crippen molar-refractivity contribution in [1.82, 2.24) is 9.29 Å². The van der Waals surface area contributed by atoms with Crippen LogP contribution in [0.5, 0.6) is 0 Å². The van der Waals surface area contributed by atoms with Gasteiger partial charge < -0.3 is 15.0 Å². The number of esters is 1. The molecule has 0 aliphatic carbocycles. The highest BCUT2D eigenvalue weighted by Crippen LogP contribution is 2.22. The number of ether oxygens (including phenoxy) is 1. The molecule has 3 aromatic rings. The number of anilines is 1. The highest BCUT2D eigenvalue weighted by Gasteiger charge is 2.26. The number of carbonyl (C=O) groups excluding carboxylic acids is 2. The summed E-state index contributed by atoms with van der Waals surface area (Å²) < 4.78 is 32.0. The number of fused-ring (bicyclic) bond motifs is 1. The fourth-order valence-corrected chi connectivity index (χ4v) is 5.41. The summed E-state index contributed by atoms with van der Waals surface area (Å²) in [4.78, 5) is 40.5. The zero-order valence-electron chi connectivity index (χ0n) is 18.7. The van der Waals surface area contributed by atoms with Crippen molar-refractivity contribution < 1.29 is 22.7 Å². The summed E-state index contributed by atoms with van der Waals surface area (Å²) in [5.41, 5.74) is 0.503. The highest BCUT2D eigenvalue weighted by atomic mass is 32.2. The third kappa shape index (κ3) is 4.73. The van der Waals surface area contributed by atoms with E-state index in [9.17, 15) is 22.8 Å². The van der Waals surface area contributed by atoms with Crippen LogP contribution in [0.2, 0.25) is 0 Å². The molecule has 178 valence electrons. The second kappa shape index (κ2) is 9.78. The maximum Gasteiger partial charge on any atom is 0.343 e. The van der Waals surface area contributed by atoms with Crippen molar-refractivity contribution in [1.29, 1.82) is 0 Å². The van der Waals surface area contributed by atoms with Crippen molar-refractivity contribution in [2.45, 2.75) is 31.1 Å². The second-order valence-corrected chi connectivity index (χ2v) is 9.89. The predicted octanol–water partition coefficient (Wildman–Crippen LogP) is 3.13. The first-order valence-electron chi connectivity index (χ1n) is 11.1. The first-order chi connectivity index (χ1) is 16.3. The van der Waals surface area contributed by atoms with Crippen LogP contribution in [0.25, 0.3) is 10.9 Å². The van der Waals surface area contributed by atoms with Gasteiger partial charge in [-0.2, -0.15) is 4.31 Å². The highest BCUT2D eigenvalue weighted by molar-refractivity contribution is 7.89. The first-order valence-corrected chi connectivity index (χ1v) is 12.5. The molecule has 1 saturated heterocycles. The van der Waals surface area contributed by atoms with Crippen LogP contribution in [-0.4, -0.2) is 49.3 Å². The Balaban J connectivity index is 1.54. The monoisotopic (exact) mass is 483 g/mol. The molecule has 34 heavy (non-hydrogen) atoms. The lowest BCUT2D eigenvalue weighted by atomic mass is 10.1. The molecular weight excluding hydrogens is 458 g/mol. The molecule has 9 nitrogen and oxygen atoms in total. The first kappa shape index (κ1) is 23.7. The average molecular weight is 484 g/mol. The number of nitrogens with one attached hydrogen (secondary N) is 2. The van der Waals surface area contributed by atoms with Crippen LogP contribution in [0.4, 0.5) is 5.69 Å². The van der Waals surface area contributed by atoms with E-state index in [1.54, 1.807) is 19.1 Å². The maximum absolute atomic E-state index is 12.8. The van der Waals surface area contributed by atoms with Gasteiger partial charge in [-0.3, -0.25) is 9.59 Å². The third-order valence-corrected chi connectivity index (χ3v) is 7.62. The zero-order chi connectivity index (χ0) is 24.3. The minimum atomic E-state index is -3.58. The van der Waals surface area contributed by atoms with Gasteiger partial charge >= 0.3 is 5.97 Å². The van der Waals surface area contributed by atoms with Crippen LogP contribution in [-0.2, 0) is 14.8 Å². The molecule has 1 aliphatic rings. The number of carbonyl (C=O) groups is 2. The van der Waals surface area contributed by atoms with E-state index >= 15 is 0 Å². The van der Waals surface area contributed by atoms with Gasteiger partial charge in [0, 0.05) is 41.4 Å². The fraction of sp³-hybridized carbons (Fsp3) is 0.292. The molecular formula is C24H25N3O6S. The van der Waals surface area contributed by atoms with Crippen molar-refractivity contribution >= 4 is 38.5 Å². The number of pyridine rings is 1. The van der Waals surface area contributed by atoms with Gasteiger partial charge in [-0.25, -0.2) is 13.2 Å². The molecule has 1 fully saturated rings. The van der Waals surface area contributed by atoms with Crippen molar-refractivity contribution in [2.75, 3.05) is 25.0 Å². The smallest absolute Gasteiger partial charge is 0.343 e. The molecule has 4 rings (SSSR count). The van der Waals surface area contributed by atoms with E-state index < -0.39 is 27.3 Å². The number of piperidine rings is 1. The van der Waals surface area contributed by atoms with E-state index in [0.29, 0.717) is 24.3 Å². The number of aromatic nitrogens is 1. The number of H-pyrrole nitrogens is 1. The molecule has 2 N–H and O–H groups in total. The van der Waals surface area contributed by atoms with Gasteiger partial charge in [0.15, 0.2) is 0 Å². The van der Waals surface area contributed by atoms with Gasteiger partial charge in [0.05, 0.1) is 11.5 Å². The summed E-state index contributed by atoms with van der Waals surface area (Å²) in [6, 6.07) is 10.5. The number of nitrogens with zero attached hydrogens (tertiary/aromatic N) is 1. The van der Waals surface area contributed by atoms with E-state index in [1.165, 1.54) is 40.8 Å². The Morgan fingerprint density at radius 2 is 1.76 bits per heavy atom. The number of hydrogen-bond donors (Lipinski definition) is 2. The van der Waals surface area contributed by atoms with E-state index in [0.717, 1.165) is 19.3 Å². The van der Waals surface area contributed by atoms with Crippen LogP contribution in [0.3, 0.4) is 0 Å². The Labute approximate surface area is 196 Å². The molecule has 0 spiro atoms. The maximum atomic E-state index is 12.8. The quantitative estimate of drug-likeness (QED) is 0.519. The van der Waals surface area contributed by atoms with E-state index in [-0.39, 0.29) is 28.0 Å². The standard InChI is InChI=1S/C24H25N3O6S/c1-2-33-24(30)20-15-25-21-11-8-17(14-19(21)22(20)28)26-23(29)16-6-9-18(10-7-16)34(31,32)27-12-4-3-5-13-27/h6-11,14-15H,2-5,12-13H2,1H3,(H,25,28)(H,26,29). The summed E-state index contributed by atoms with van der Waals surface area (Å²) in [5, 5.41) is 2.93. The normalized spacial score (nSPS) is 14.6. The van der Waals surface area contributed by atoms with Gasteiger partial charge in [0.2, 0.25) is 15.5 Å². The molecule has 2 heterocycles. The third-order valence-electron chi connectivity index (χ3n) is 5.70. The number of hydrogen-bond acceptors (Lipinski definition) is 6. The Bertz CT molecular complexity index is 1390. The fourth-order valence-electron chi connectivity index (χ4n) is 3.89. The summed E-state index contributed by atoms with van der Waals surface area (Å²) in [6.07, 6.45) is 4.02. The lowest BCUT2D eigenvalue weighted by Crippen LogP contribution is -2.35. The van der Waals surface area contributed by atoms with Crippen molar-refractivity contribution in [3.8, 4) is 0 Å². The summed E-state index contributed by atoms with van der Waals surface area (Å²) in [6.45, 7) is 2.80. The van der Waals surface area contributed by atoms with E-state index in [2.05, 4.69) is 10.3 Å². The van der Waals surface area contributed by atoms with Crippen LogP contribution < -0.4 is 10.7 Å². The molecule has 2 aromatic carbocycles. The number of benzene rings is 2. The summed E-state index contributed by atoms with van der Waals surface area (Å²) in [5.74, 6) is -1.18. The van der Waals surface area contributed by atoms with Crippen LogP contribution in [0, 0.1) is 0 Å². The Kier molecular flexibility index (Phi) is 6.80. The molecule has 10 heteroatoms. The Morgan fingerprint density at radius 3 is 2.44 bits per heavy atom. The largest absolute Gasteiger partial charge is 0.462 e. The number of sulfonamides is 1. The summed E-state index contributed by atoms with van der Waals surface area (Å²) >= 11 is 0. The summed E-state index contributed by atoms with van der Waals surface area (Å²) in [7, 11) is -3.58. The molecule has 0 bridgehead atoms. The Morgan fingerprint density at radius 1 is 1.06 bits per heavy atom. The van der Waals surface area contributed by atoms with Crippen LogP contribution in [0.15, 0.2) is 58.4 Å². The number of aromatic amines is 1. The topological polar surface area (TPSA) is 126 Å². The molecule has 1 aromatic heterocycles. The molecule has 0 unspecified atom stereocenters. The zero-order valence-corrected chi connectivity index (χ0v) is 19.5. The molecule has 0 atom stereocenters. The van der Waals surface area contributed by atoms with Gasteiger partial charge in [-0.15, -0.1) is 0 Å². The lowest BCUT2D eigenvalue weighted by Gasteiger charge is -2.25. The van der Waals surface area contributed by atoms with Gasteiger partial charge in [-0.1, -0.05) is 6.42 Å². The van der Waals surface area contributed by atoms with Crippen molar-refractivity contribution in [3.63, 3.8) is 0 Å². The Hall–Kier alpha value is -3.50. The van der Waals surface area contributed by atoms with Crippen molar-refractivity contribution in [3.05, 3.63) is 70.0 Å². The van der Waals surface area contributed by atoms with Gasteiger partial charge in [0.1, 0.15) is 5.56 Å². The lowest BCUT2D eigenvalue weighted by molar-refractivity contribution is 0.0524. The number of amides is 1. The van der Waals surface area contributed by atoms with E-state index in [1.807, 2.05) is 0 Å². The number of rotatable bonds is 6. The molecule has 1 aliphatic heterocycles. The average Bonchev–Trinajstić information content (AvgIpc) is 2.85. The van der Waals surface area contributed by atoms with Crippen LogP contribution in [0.1, 0.15) is 46.9 Å². The second-order valence-electron chi connectivity index (χ2n) is 7.96. The molecule has 1 amide bonds. The van der Waals surface area contributed by atoms with Crippen LogP contribution >= 0.6 is 0 Å². The minimum absolute atomic E-state index is 0.122. The van der Waals surface area contributed by atoms with Gasteiger partial charge in [0.25, 0.3) is 5.91 Å².